The second kappa shape index (κ2) is 5.86. The SMILES string of the molecule is CC(C)(C)OC(=O)N(Cc1ccccc1)[SH](=O)=O. The van der Waals surface area contributed by atoms with Crippen LogP contribution in [0.15, 0.2) is 30.3 Å². The number of thiol groups is 1. The molecule has 0 fully saturated rings. The van der Waals surface area contributed by atoms with Crippen LogP contribution in [0.5, 0.6) is 0 Å². The van der Waals surface area contributed by atoms with E-state index in [0.717, 1.165) is 5.56 Å². The molecule has 1 amide bonds. The molecule has 0 bridgehead atoms. The fourth-order valence-corrected chi connectivity index (χ4v) is 1.71. The van der Waals surface area contributed by atoms with Crippen LogP contribution >= 0.6 is 0 Å². The molecule has 0 atom stereocenters. The van der Waals surface area contributed by atoms with Crippen LogP contribution in [0.4, 0.5) is 4.79 Å². The largest absolute Gasteiger partial charge is 0.443 e. The summed E-state index contributed by atoms with van der Waals surface area (Å²) in [5, 5.41) is 0. The maximum Gasteiger partial charge on any atom is 0.424 e. The first-order valence-electron chi connectivity index (χ1n) is 5.48. The lowest BCUT2D eigenvalue weighted by Crippen LogP contribution is -2.35. The first-order valence-corrected chi connectivity index (χ1v) is 6.61. The molecule has 0 saturated heterocycles. The average molecular weight is 271 g/mol. The normalized spacial score (nSPS) is 11.3. The van der Waals surface area contributed by atoms with Crippen LogP contribution in [0.2, 0.25) is 0 Å². The van der Waals surface area contributed by atoms with Crippen LogP contribution < -0.4 is 0 Å². The second-order valence-electron chi connectivity index (χ2n) is 4.76. The smallest absolute Gasteiger partial charge is 0.424 e. The van der Waals surface area contributed by atoms with Crippen molar-refractivity contribution in [1.29, 1.82) is 0 Å². The number of amides is 1. The average Bonchev–Trinajstić information content (AvgIpc) is 2.24. The number of rotatable bonds is 3. The summed E-state index contributed by atoms with van der Waals surface area (Å²) in [5.41, 5.74) is -0.000245. The van der Waals surface area contributed by atoms with Crippen LogP contribution in [0.3, 0.4) is 0 Å². The molecule has 0 radical (unpaired) electrons. The Kier molecular flexibility index (Phi) is 4.72. The first kappa shape index (κ1) is 14.5. The summed E-state index contributed by atoms with van der Waals surface area (Å²) in [6.07, 6.45) is -0.859. The number of carbonyl (C=O) groups is 1. The monoisotopic (exact) mass is 271 g/mol. The minimum absolute atomic E-state index is 0.0194. The van der Waals surface area contributed by atoms with E-state index < -0.39 is 22.6 Å². The van der Waals surface area contributed by atoms with Crippen molar-refractivity contribution in [3.05, 3.63) is 35.9 Å². The molecule has 0 aliphatic heterocycles. The summed E-state index contributed by atoms with van der Waals surface area (Å²) < 4.78 is 27.9. The van der Waals surface area contributed by atoms with Crippen molar-refractivity contribution in [2.24, 2.45) is 0 Å². The summed E-state index contributed by atoms with van der Waals surface area (Å²) in [5.74, 6) is 0. The van der Waals surface area contributed by atoms with Crippen LogP contribution in [-0.4, -0.2) is 24.4 Å². The number of ether oxygens (including phenoxy) is 1. The van der Waals surface area contributed by atoms with Crippen LogP contribution in [0, 0.1) is 0 Å². The van der Waals surface area contributed by atoms with E-state index in [1.165, 1.54) is 0 Å². The van der Waals surface area contributed by atoms with Gasteiger partial charge in [-0.25, -0.2) is 17.5 Å². The van der Waals surface area contributed by atoms with Crippen molar-refractivity contribution >= 4 is 17.0 Å². The minimum atomic E-state index is -3.02. The molecule has 18 heavy (non-hydrogen) atoms. The van der Waals surface area contributed by atoms with Gasteiger partial charge in [-0.3, -0.25) is 0 Å². The van der Waals surface area contributed by atoms with Gasteiger partial charge in [-0.1, -0.05) is 30.3 Å². The van der Waals surface area contributed by atoms with Gasteiger partial charge >= 0.3 is 6.09 Å². The molecule has 0 aromatic heterocycles. The number of carbonyl (C=O) groups excluding carboxylic acids is 1. The van der Waals surface area contributed by atoms with Gasteiger partial charge in [0.1, 0.15) is 5.60 Å². The summed E-state index contributed by atoms with van der Waals surface area (Å²) in [7, 11) is -3.02. The van der Waals surface area contributed by atoms with Crippen molar-refractivity contribution < 1.29 is 17.9 Å². The third-order valence-corrected chi connectivity index (χ3v) is 2.68. The molecular formula is C12H17NO4S. The molecule has 0 N–H and O–H groups in total. The van der Waals surface area contributed by atoms with Gasteiger partial charge in [-0.2, -0.15) is 0 Å². The molecular weight excluding hydrogens is 254 g/mol. The van der Waals surface area contributed by atoms with Gasteiger partial charge in [0.15, 0.2) is 0 Å². The van der Waals surface area contributed by atoms with Crippen molar-refractivity contribution in [2.45, 2.75) is 32.9 Å². The predicted molar refractivity (Wildman–Crippen MR) is 68.5 cm³/mol. The lowest BCUT2D eigenvalue weighted by atomic mass is 10.2. The van der Waals surface area contributed by atoms with Crippen molar-refractivity contribution in [3.8, 4) is 0 Å². The summed E-state index contributed by atoms with van der Waals surface area (Å²) in [6.45, 7) is 5.03. The standard InChI is InChI=1S/C12H17NO4S/c1-12(2,3)17-11(14)13(18(15)16)9-10-7-5-4-6-8-10/h4-8,18H,9H2,1-3H3. The third-order valence-electron chi connectivity index (χ3n) is 1.98. The van der Waals surface area contributed by atoms with E-state index in [2.05, 4.69) is 0 Å². The number of nitrogens with zero attached hydrogens (tertiary/aromatic N) is 1. The molecule has 0 aliphatic rings. The van der Waals surface area contributed by atoms with Crippen LogP contribution in [0.25, 0.3) is 0 Å². The molecule has 100 valence electrons. The topological polar surface area (TPSA) is 63.7 Å². The van der Waals surface area contributed by atoms with Crippen molar-refractivity contribution in [2.75, 3.05) is 0 Å². The lowest BCUT2D eigenvalue weighted by molar-refractivity contribution is 0.0387. The highest BCUT2D eigenvalue weighted by atomic mass is 32.2. The van der Waals surface area contributed by atoms with Crippen molar-refractivity contribution in [3.63, 3.8) is 0 Å². The highest BCUT2D eigenvalue weighted by Gasteiger charge is 2.23. The molecule has 0 saturated carbocycles. The van der Waals surface area contributed by atoms with Gasteiger partial charge in [0, 0.05) is 0 Å². The van der Waals surface area contributed by atoms with Gasteiger partial charge in [-0.05, 0) is 26.3 Å². The molecule has 1 aromatic carbocycles. The van der Waals surface area contributed by atoms with Gasteiger partial charge in [0.05, 0.1) is 6.54 Å². The van der Waals surface area contributed by atoms with Gasteiger partial charge in [0.2, 0.25) is 10.9 Å². The Labute approximate surface area is 108 Å². The van der Waals surface area contributed by atoms with E-state index in [1.807, 2.05) is 6.07 Å². The molecule has 0 aliphatic carbocycles. The van der Waals surface area contributed by atoms with E-state index in [1.54, 1.807) is 45.0 Å². The Morgan fingerprint density at radius 1 is 1.22 bits per heavy atom. The van der Waals surface area contributed by atoms with E-state index in [4.69, 9.17) is 4.74 Å². The highest BCUT2D eigenvalue weighted by Crippen LogP contribution is 2.12. The Bertz CT molecular complexity index is 469. The third kappa shape index (κ3) is 4.75. The van der Waals surface area contributed by atoms with E-state index in [9.17, 15) is 13.2 Å². The fraction of sp³-hybridized carbons (Fsp3) is 0.417. The summed E-state index contributed by atoms with van der Waals surface area (Å²) >= 11 is 0. The van der Waals surface area contributed by atoms with Gasteiger partial charge in [0.25, 0.3) is 0 Å². The molecule has 0 unspecified atom stereocenters. The van der Waals surface area contributed by atoms with E-state index in [0.29, 0.717) is 4.31 Å². The number of benzene rings is 1. The predicted octanol–water partition coefficient (Wildman–Crippen LogP) is 1.95. The highest BCUT2D eigenvalue weighted by molar-refractivity contribution is 7.70. The molecule has 0 spiro atoms. The molecule has 0 heterocycles. The van der Waals surface area contributed by atoms with Crippen LogP contribution in [-0.2, 0) is 22.2 Å². The zero-order valence-electron chi connectivity index (χ0n) is 10.6. The Morgan fingerprint density at radius 3 is 2.22 bits per heavy atom. The molecule has 1 rings (SSSR count). The van der Waals surface area contributed by atoms with Crippen molar-refractivity contribution in [1.82, 2.24) is 4.31 Å². The number of hydrogen-bond donors (Lipinski definition) is 1. The first-order chi connectivity index (χ1) is 8.29. The van der Waals surface area contributed by atoms with Gasteiger partial charge in [-0.15, -0.1) is 0 Å². The molecule has 1 aromatic rings. The maximum absolute atomic E-state index is 11.7. The van der Waals surface area contributed by atoms with Crippen LogP contribution in [0.1, 0.15) is 26.3 Å². The van der Waals surface area contributed by atoms with E-state index in [-0.39, 0.29) is 6.54 Å². The Hall–Kier alpha value is -1.56. The molecule has 5 nitrogen and oxygen atoms in total. The van der Waals surface area contributed by atoms with Gasteiger partial charge < -0.3 is 4.74 Å². The zero-order chi connectivity index (χ0) is 13.8. The summed E-state index contributed by atoms with van der Waals surface area (Å²) in [4.78, 5) is 11.7. The zero-order valence-corrected chi connectivity index (χ0v) is 11.5. The molecule has 6 heteroatoms. The minimum Gasteiger partial charge on any atom is -0.443 e. The van der Waals surface area contributed by atoms with E-state index >= 15 is 0 Å². The fourth-order valence-electron chi connectivity index (χ4n) is 1.26. The Balaban J connectivity index is 2.81. The quantitative estimate of drug-likeness (QED) is 0.853. The lowest BCUT2D eigenvalue weighted by Gasteiger charge is -2.23. The number of hydrogen-bond acceptors (Lipinski definition) is 4. The maximum atomic E-state index is 11.7. The Morgan fingerprint density at radius 2 is 1.78 bits per heavy atom. The summed E-state index contributed by atoms with van der Waals surface area (Å²) in [6, 6.07) is 8.87. The second-order valence-corrected chi connectivity index (χ2v) is 5.72.